The molecule has 5 heteroatoms. The van der Waals surface area contributed by atoms with Crippen molar-refractivity contribution >= 4 is 5.97 Å². The Morgan fingerprint density at radius 1 is 0.903 bits per heavy atom. The normalized spacial score (nSPS) is 12.4. The molecule has 0 aliphatic rings. The van der Waals surface area contributed by atoms with Gasteiger partial charge in [0.25, 0.3) is 0 Å². The van der Waals surface area contributed by atoms with Gasteiger partial charge in [-0.3, -0.25) is 10.1 Å². The van der Waals surface area contributed by atoms with Crippen molar-refractivity contribution in [2.45, 2.75) is 18.0 Å². The second kappa shape index (κ2) is 8.98. The lowest BCUT2D eigenvalue weighted by Crippen LogP contribution is -2.53. The van der Waals surface area contributed by atoms with Gasteiger partial charge < -0.3 is 9.67 Å². The first kappa shape index (κ1) is 20.6. The number of imidazole rings is 1. The largest absolute Gasteiger partial charge is 0.480 e. The third-order valence-corrected chi connectivity index (χ3v) is 5.48. The van der Waals surface area contributed by atoms with Crippen LogP contribution in [0.3, 0.4) is 0 Å². The molecule has 5 nitrogen and oxygen atoms in total. The molecule has 0 aliphatic carbocycles. The molecule has 0 radical (unpaired) electrons. The summed E-state index contributed by atoms with van der Waals surface area (Å²) in [6, 6.07) is 29.1. The van der Waals surface area contributed by atoms with E-state index in [1.165, 1.54) is 0 Å². The van der Waals surface area contributed by atoms with Gasteiger partial charge in [0.05, 0.1) is 17.6 Å². The van der Waals surface area contributed by atoms with Crippen LogP contribution in [0.5, 0.6) is 0 Å². The number of hydrogen-bond acceptors (Lipinski definition) is 3. The molecule has 0 spiro atoms. The Labute approximate surface area is 182 Å². The average molecular weight is 412 g/mol. The Morgan fingerprint density at radius 3 is 1.71 bits per heavy atom. The molecule has 1 aromatic heterocycles. The minimum absolute atomic E-state index is 0.268. The molecule has 0 bridgehead atoms. The molecule has 4 aromatic rings. The molecule has 31 heavy (non-hydrogen) atoms. The zero-order valence-corrected chi connectivity index (χ0v) is 17.3. The smallest absolute Gasteiger partial charge is 0.321 e. The number of carbonyl (C=O) groups is 1. The van der Waals surface area contributed by atoms with Gasteiger partial charge in [-0.15, -0.1) is 0 Å². The highest BCUT2D eigenvalue weighted by molar-refractivity contribution is 5.74. The summed E-state index contributed by atoms with van der Waals surface area (Å²) in [6.07, 6.45) is 3.81. The summed E-state index contributed by atoms with van der Waals surface area (Å²) in [5, 5.41) is 13.7. The minimum Gasteiger partial charge on any atom is -0.480 e. The van der Waals surface area contributed by atoms with Crippen molar-refractivity contribution in [3.63, 3.8) is 0 Å². The van der Waals surface area contributed by atoms with Crippen LogP contribution in [0.25, 0.3) is 0 Å². The van der Waals surface area contributed by atoms with Crippen molar-refractivity contribution < 1.29 is 9.90 Å². The molecule has 156 valence electrons. The third kappa shape index (κ3) is 4.27. The maximum Gasteiger partial charge on any atom is 0.321 e. The number of aromatic nitrogens is 2. The van der Waals surface area contributed by atoms with Crippen LogP contribution in [-0.2, 0) is 23.8 Å². The van der Waals surface area contributed by atoms with Gasteiger partial charge in [-0.25, -0.2) is 4.98 Å². The number of carboxylic acids is 1. The van der Waals surface area contributed by atoms with Crippen molar-refractivity contribution in [1.82, 2.24) is 14.9 Å². The standard InChI is InChI=1S/C26H25N3O2/c1-29-18-23(27-19-29)17-24(25(30)31)28-26(20-11-5-2-6-12-20,21-13-7-3-8-14-21)22-15-9-4-10-16-22/h2-16,18-19,24,28H,17H2,1H3,(H,30,31)/t24-/m0/s1. The SMILES string of the molecule is Cn1cnc(C[C@H](NC(c2ccccc2)(c2ccccc2)c2ccccc2)C(=O)O)c1. The van der Waals surface area contributed by atoms with Crippen LogP contribution >= 0.6 is 0 Å². The predicted octanol–water partition coefficient (Wildman–Crippen LogP) is 4.00. The Morgan fingerprint density at radius 2 is 1.35 bits per heavy atom. The van der Waals surface area contributed by atoms with Crippen molar-refractivity contribution in [2.75, 3.05) is 0 Å². The van der Waals surface area contributed by atoms with Crippen LogP contribution in [0.2, 0.25) is 0 Å². The molecule has 0 fully saturated rings. The quantitative estimate of drug-likeness (QED) is 0.430. The van der Waals surface area contributed by atoms with E-state index in [0.717, 1.165) is 22.4 Å². The zero-order chi connectivity index (χ0) is 21.7. The number of aryl methyl sites for hydroxylation is 1. The topological polar surface area (TPSA) is 67.2 Å². The molecule has 1 heterocycles. The lowest BCUT2D eigenvalue weighted by atomic mass is 9.76. The fourth-order valence-corrected chi connectivity index (χ4v) is 4.06. The lowest BCUT2D eigenvalue weighted by Gasteiger charge is -2.39. The summed E-state index contributed by atoms with van der Waals surface area (Å²) < 4.78 is 1.83. The Balaban J connectivity index is 1.89. The molecule has 0 unspecified atom stereocenters. The number of nitrogens with zero attached hydrogens (tertiary/aromatic N) is 2. The second-order valence-corrected chi connectivity index (χ2v) is 7.62. The lowest BCUT2D eigenvalue weighted by molar-refractivity contribution is -0.139. The molecule has 0 amide bonds. The molecule has 3 aromatic carbocycles. The van der Waals surface area contributed by atoms with Gasteiger partial charge >= 0.3 is 5.97 Å². The molecule has 4 rings (SSSR count). The van der Waals surface area contributed by atoms with Gasteiger partial charge in [0.1, 0.15) is 6.04 Å². The second-order valence-electron chi connectivity index (χ2n) is 7.62. The number of carboxylic acid groups (broad SMARTS) is 1. The molecular formula is C26H25N3O2. The van der Waals surface area contributed by atoms with E-state index in [1.54, 1.807) is 6.33 Å². The van der Waals surface area contributed by atoms with E-state index in [-0.39, 0.29) is 6.42 Å². The first-order chi connectivity index (χ1) is 15.1. The van der Waals surface area contributed by atoms with Gasteiger partial charge in [0, 0.05) is 19.7 Å². The van der Waals surface area contributed by atoms with E-state index >= 15 is 0 Å². The summed E-state index contributed by atoms with van der Waals surface area (Å²) >= 11 is 0. The van der Waals surface area contributed by atoms with Crippen LogP contribution in [-0.4, -0.2) is 26.7 Å². The van der Waals surface area contributed by atoms with Gasteiger partial charge in [-0.1, -0.05) is 91.0 Å². The fraction of sp³-hybridized carbons (Fsp3) is 0.154. The van der Waals surface area contributed by atoms with Gasteiger partial charge in [-0.05, 0) is 16.7 Å². The van der Waals surface area contributed by atoms with Gasteiger partial charge in [-0.2, -0.15) is 0 Å². The predicted molar refractivity (Wildman–Crippen MR) is 121 cm³/mol. The van der Waals surface area contributed by atoms with Crippen molar-refractivity contribution in [1.29, 1.82) is 0 Å². The van der Waals surface area contributed by atoms with Crippen LogP contribution in [0.4, 0.5) is 0 Å². The molecule has 0 saturated heterocycles. The van der Waals surface area contributed by atoms with E-state index in [4.69, 9.17) is 0 Å². The highest BCUT2D eigenvalue weighted by Gasteiger charge is 2.39. The minimum atomic E-state index is -0.919. The van der Waals surface area contributed by atoms with Gasteiger partial charge in [0.15, 0.2) is 0 Å². The summed E-state index contributed by atoms with van der Waals surface area (Å²) in [5.74, 6) is -0.919. The maximum atomic E-state index is 12.4. The molecular weight excluding hydrogens is 386 g/mol. The van der Waals surface area contributed by atoms with E-state index in [1.807, 2.05) is 109 Å². The summed E-state index contributed by atoms with van der Waals surface area (Å²) in [4.78, 5) is 16.7. The molecule has 0 saturated carbocycles. The monoisotopic (exact) mass is 411 g/mol. The maximum absolute atomic E-state index is 12.4. The van der Waals surface area contributed by atoms with Gasteiger partial charge in [0.2, 0.25) is 0 Å². The average Bonchev–Trinajstić information content (AvgIpc) is 3.23. The summed E-state index contributed by atoms with van der Waals surface area (Å²) in [7, 11) is 1.88. The fourth-order valence-electron chi connectivity index (χ4n) is 4.06. The number of rotatable bonds is 8. The van der Waals surface area contributed by atoms with Crippen molar-refractivity contribution in [3.8, 4) is 0 Å². The first-order valence-electron chi connectivity index (χ1n) is 10.2. The van der Waals surface area contributed by atoms with E-state index in [9.17, 15) is 9.90 Å². The Kier molecular flexibility index (Phi) is 5.96. The zero-order valence-electron chi connectivity index (χ0n) is 17.3. The molecule has 0 aliphatic heterocycles. The number of aliphatic carboxylic acids is 1. The highest BCUT2D eigenvalue weighted by atomic mass is 16.4. The number of nitrogens with one attached hydrogen (secondary N) is 1. The Hall–Kier alpha value is -3.70. The first-order valence-corrected chi connectivity index (χ1v) is 10.2. The summed E-state index contributed by atoms with van der Waals surface area (Å²) in [5.41, 5.74) is 2.80. The Bertz CT molecular complexity index is 1030. The third-order valence-electron chi connectivity index (χ3n) is 5.48. The molecule has 1 atom stereocenters. The van der Waals surface area contributed by atoms with Crippen LogP contribution in [0.15, 0.2) is 104 Å². The van der Waals surface area contributed by atoms with Crippen LogP contribution in [0.1, 0.15) is 22.4 Å². The van der Waals surface area contributed by atoms with Crippen molar-refractivity contribution in [2.24, 2.45) is 7.05 Å². The van der Waals surface area contributed by atoms with Crippen molar-refractivity contribution in [3.05, 3.63) is 126 Å². The van der Waals surface area contributed by atoms with E-state index in [2.05, 4.69) is 10.3 Å². The number of hydrogen-bond donors (Lipinski definition) is 2. The number of benzene rings is 3. The van der Waals surface area contributed by atoms with Crippen LogP contribution in [0, 0.1) is 0 Å². The highest BCUT2D eigenvalue weighted by Crippen LogP contribution is 2.37. The van der Waals surface area contributed by atoms with Crippen LogP contribution < -0.4 is 5.32 Å². The van der Waals surface area contributed by atoms with E-state index < -0.39 is 17.6 Å². The van der Waals surface area contributed by atoms with E-state index in [0.29, 0.717) is 0 Å². The summed E-state index contributed by atoms with van der Waals surface area (Å²) in [6.45, 7) is 0. The molecule has 2 N–H and O–H groups in total.